The molecule has 0 amide bonds. The Kier molecular flexibility index (Phi) is 4.82. The summed E-state index contributed by atoms with van der Waals surface area (Å²) in [6, 6.07) is 10.3. The van der Waals surface area contributed by atoms with Crippen molar-refractivity contribution in [2.45, 2.75) is 51.2 Å². The molecule has 3 heteroatoms. The lowest BCUT2D eigenvalue weighted by atomic mass is 10.0. The molecule has 0 aliphatic carbocycles. The average molecular weight is 311 g/mol. The van der Waals surface area contributed by atoms with Crippen molar-refractivity contribution in [3.05, 3.63) is 34.3 Å². The van der Waals surface area contributed by atoms with Gasteiger partial charge in [0.05, 0.1) is 0 Å². The number of hydrogen-bond acceptors (Lipinski definition) is 2. The molecule has 0 saturated carbocycles. The molecule has 3 atom stereocenters. The van der Waals surface area contributed by atoms with Crippen LogP contribution in [0.2, 0.25) is 0 Å². The van der Waals surface area contributed by atoms with Crippen molar-refractivity contribution < 1.29 is 0 Å². The molecule has 2 N–H and O–H groups in total. The number of nitrogens with two attached hydrogens (primary N) is 1. The normalized spacial score (nSPS) is 26.4. The van der Waals surface area contributed by atoms with E-state index in [1.807, 2.05) is 0 Å². The van der Waals surface area contributed by atoms with Gasteiger partial charge in [0.2, 0.25) is 0 Å². The maximum absolute atomic E-state index is 6.05. The van der Waals surface area contributed by atoms with E-state index in [2.05, 4.69) is 58.9 Å². The third-order valence-electron chi connectivity index (χ3n) is 4.16. The monoisotopic (exact) mass is 310 g/mol. The first-order chi connectivity index (χ1) is 8.67. The quantitative estimate of drug-likeness (QED) is 0.918. The molecule has 1 saturated heterocycles. The summed E-state index contributed by atoms with van der Waals surface area (Å²) in [7, 11) is 0. The Morgan fingerprint density at radius 1 is 1.33 bits per heavy atom. The van der Waals surface area contributed by atoms with Crippen LogP contribution < -0.4 is 5.73 Å². The molecule has 0 bridgehead atoms. The third kappa shape index (κ3) is 2.79. The van der Waals surface area contributed by atoms with Crippen LogP contribution >= 0.6 is 15.9 Å². The van der Waals surface area contributed by atoms with Crippen molar-refractivity contribution >= 4 is 15.9 Å². The zero-order chi connectivity index (χ0) is 13.1. The van der Waals surface area contributed by atoms with Crippen molar-refractivity contribution in [3.63, 3.8) is 0 Å². The van der Waals surface area contributed by atoms with E-state index in [1.54, 1.807) is 0 Å². The van der Waals surface area contributed by atoms with Crippen LogP contribution in [0.4, 0.5) is 0 Å². The summed E-state index contributed by atoms with van der Waals surface area (Å²) in [5.74, 6) is 0. The SMILES string of the molecule is CCC1CCC(C)N1C(CN)c1ccc(Br)cc1. The smallest absolute Gasteiger partial charge is 0.0476 e. The van der Waals surface area contributed by atoms with Crippen LogP contribution in [0.3, 0.4) is 0 Å². The van der Waals surface area contributed by atoms with Gasteiger partial charge in [0, 0.05) is 29.1 Å². The van der Waals surface area contributed by atoms with Crippen LogP contribution in [0.5, 0.6) is 0 Å². The molecule has 1 heterocycles. The molecule has 18 heavy (non-hydrogen) atoms. The van der Waals surface area contributed by atoms with Gasteiger partial charge in [-0.15, -0.1) is 0 Å². The zero-order valence-electron chi connectivity index (χ0n) is 11.3. The highest BCUT2D eigenvalue weighted by molar-refractivity contribution is 9.10. The Morgan fingerprint density at radius 2 is 2.00 bits per heavy atom. The van der Waals surface area contributed by atoms with Crippen molar-refractivity contribution in [1.82, 2.24) is 4.90 Å². The van der Waals surface area contributed by atoms with Gasteiger partial charge in [0.15, 0.2) is 0 Å². The van der Waals surface area contributed by atoms with Crippen LogP contribution in [-0.2, 0) is 0 Å². The Morgan fingerprint density at radius 3 is 2.56 bits per heavy atom. The maximum Gasteiger partial charge on any atom is 0.0476 e. The van der Waals surface area contributed by atoms with E-state index in [0.29, 0.717) is 24.7 Å². The molecule has 1 aliphatic heterocycles. The number of benzene rings is 1. The molecule has 0 spiro atoms. The maximum atomic E-state index is 6.05. The summed E-state index contributed by atoms with van der Waals surface area (Å²) in [5, 5.41) is 0. The second-order valence-corrected chi connectivity index (χ2v) is 6.15. The molecular weight excluding hydrogens is 288 g/mol. The van der Waals surface area contributed by atoms with Crippen molar-refractivity contribution in [2.24, 2.45) is 5.73 Å². The summed E-state index contributed by atoms with van der Waals surface area (Å²) in [5.41, 5.74) is 7.39. The molecular formula is C15H23BrN2. The molecule has 1 fully saturated rings. The fourth-order valence-electron chi connectivity index (χ4n) is 3.18. The highest BCUT2D eigenvalue weighted by atomic mass is 79.9. The van der Waals surface area contributed by atoms with Crippen LogP contribution in [0.25, 0.3) is 0 Å². The molecule has 2 nitrogen and oxygen atoms in total. The van der Waals surface area contributed by atoms with Crippen molar-refractivity contribution in [2.75, 3.05) is 6.54 Å². The molecule has 0 radical (unpaired) electrons. The highest BCUT2D eigenvalue weighted by Gasteiger charge is 2.34. The van der Waals surface area contributed by atoms with E-state index >= 15 is 0 Å². The lowest BCUT2D eigenvalue weighted by molar-refractivity contribution is 0.137. The second-order valence-electron chi connectivity index (χ2n) is 5.24. The minimum absolute atomic E-state index is 0.362. The van der Waals surface area contributed by atoms with Gasteiger partial charge < -0.3 is 5.73 Å². The largest absolute Gasteiger partial charge is 0.329 e. The molecule has 1 aliphatic rings. The predicted molar refractivity (Wildman–Crippen MR) is 80.6 cm³/mol. The van der Waals surface area contributed by atoms with E-state index in [4.69, 9.17) is 5.73 Å². The molecule has 1 aromatic carbocycles. The van der Waals surface area contributed by atoms with Crippen molar-refractivity contribution in [3.8, 4) is 0 Å². The van der Waals surface area contributed by atoms with E-state index < -0.39 is 0 Å². The Bertz CT molecular complexity index is 377. The van der Waals surface area contributed by atoms with E-state index in [9.17, 15) is 0 Å². The van der Waals surface area contributed by atoms with Gasteiger partial charge in [0.1, 0.15) is 0 Å². The van der Waals surface area contributed by atoms with Crippen LogP contribution in [0.15, 0.2) is 28.7 Å². The Labute approximate surface area is 119 Å². The number of rotatable bonds is 4. The summed E-state index contributed by atoms with van der Waals surface area (Å²) < 4.78 is 1.13. The first-order valence-corrected chi connectivity index (χ1v) is 7.69. The number of likely N-dealkylation sites (tertiary alicyclic amines) is 1. The second kappa shape index (κ2) is 6.18. The average Bonchev–Trinajstić information content (AvgIpc) is 2.74. The number of nitrogens with zero attached hydrogens (tertiary/aromatic N) is 1. The summed E-state index contributed by atoms with van der Waals surface area (Å²) in [6.07, 6.45) is 3.83. The summed E-state index contributed by atoms with van der Waals surface area (Å²) >= 11 is 3.49. The van der Waals surface area contributed by atoms with E-state index in [0.717, 1.165) is 4.47 Å². The van der Waals surface area contributed by atoms with Crippen LogP contribution in [0.1, 0.15) is 44.7 Å². The highest BCUT2D eigenvalue weighted by Crippen LogP contribution is 2.34. The third-order valence-corrected chi connectivity index (χ3v) is 4.69. The van der Waals surface area contributed by atoms with Crippen LogP contribution in [0, 0.1) is 0 Å². The van der Waals surface area contributed by atoms with E-state index in [-0.39, 0.29) is 0 Å². The lowest BCUT2D eigenvalue weighted by Gasteiger charge is -2.35. The Hall–Kier alpha value is -0.380. The van der Waals surface area contributed by atoms with Gasteiger partial charge in [-0.25, -0.2) is 0 Å². The van der Waals surface area contributed by atoms with Crippen LogP contribution in [-0.4, -0.2) is 23.5 Å². The number of hydrogen-bond donors (Lipinski definition) is 1. The first kappa shape index (κ1) is 14.0. The fourth-order valence-corrected chi connectivity index (χ4v) is 3.45. The van der Waals surface area contributed by atoms with Crippen molar-refractivity contribution in [1.29, 1.82) is 0 Å². The van der Waals surface area contributed by atoms with Gasteiger partial charge in [-0.05, 0) is 43.9 Å². The molecule has 3 unspecified atom stereocenters. The summed E-state index contributed by atoms with van der Waals surface area (Å²) in [4.78, 5) is 2.63. The fraction of sp³-hybridized carbons (Fsp3) is 0.600. The summed E-state index contributed by atoms with van der Waals surface area (Å²) in [6.45, 7) is 5.31. The first-order valence-electron chi connectivity index (χ1n) is 6.90. The minimum Gasteiger partial charge on any atom is -0.329 e. The molecule has 2 rings (SSSR count). The number of halogens is 1. The molecule has 0 aromatic heterocycles. The Balaban J connectivity index is 2.24. The standard InChI is InChI=1S/C15H23BrN2/c1-3-14-9-4-11(2)18(14)15(10-17)12-5-7-13(16)8-6-12/h5-8,11,14-15H,3-4,9-10,17H2,1-2H3. The molecule has 1 aromatic rings. The van der Waals surface area contributed by atoms with E-state index in [1.165, 1.54) is 24.8 Å². The van der Waals surface area contributed by atoms with Gasteiger partial charge in [-0.3, -0.25) is 4.90 Å². The minimum atomic E-state index is 0.362. The van der Waals surface area contributed by atoms with Gasteiger partial charge >= 0.3 is 0 Å². The van der Waals surface area contributed by atoms with Gasteiger partial charge in [-0.1, -0.05) is 35.0 Å². The molecule has 100 valence electrons. The lowest BCUT2D eigenvalue weighted by Crippen LogP contribution is -2.41. The predicted octanol–water partition coefficient (Wildman–Crippen LogP) is 3.71. The zero-order valence-corrected chi connectivity index (χ0v) is 12.9. The van der Waals surface area contributed by atoms with Gasteiger partial charge in [0.25, 0.3) is 0 Å². The topological polar surface area (TPSA) is 29.3 Å². The van der Waals surface area contributed by atoms with Gasteiger partial charge in [-0.2, -0.15) is 0 Å².